The van der Waals surface area contributed by atoms with Crippen LogP contribution in [0.15, 0.2) is 18.2 Å². The third-order valence-electron chi connectivity index (χ3n) is 1.92. The maximum absolute atomic E-state index is 9.85. The number of nitrogens with two attached hydrogens (primary N) is 1. The molecule has 15 heavy (non-hydrogen) atoms. The van der Waals surface area contributed by atoms with Gasteiger partial charge >= 0.3 is 0 Å². The number of aromatic hydroxyl groups is 1. The molecule has 3 N–H and O–H groups in total. The molecule has 1 rings (SSSR count). The summed E-state index contributed by atoms with van der Waals surface area (Å²) in [5, 5.41) is 18.1. The van der Waals surface area contributed by atoms with Crippen LogP contribution in [0.25, 0.3) is 0 Å². The van der Waals surface area contributed by atoms with E-state index in [0.29, 0.717) is 18.5 Å². The lowest BCUT2D eigenvalue weighted by Crippen LogP contribution is -2.04. The van der Waals surface area contributed by atoms with Gasteiger partial charge in [0, 0.05) is 11.8 Å². The summed E-state index contributed by atoms with van der Waals surface area (Å²) in [6, 6.07) is 4.67. The quantitative estimate of drug-likeness (QED) is 0.329. The first-order valence-corrected chi connectivity index (χ1v) is 4.44. The molecular weight excluding hydrogens is 200 g/mol. The number of aryl methyl sites for hydroxylation is 1. The Hall–Kier alpha value is -1.98. The monoisotopic (exact) mass is 212 g/mol. The van der Waals surface area contributed by atoms with E-state index in [1.807, 2.05) is 0 Å². The molecule has 6 nitrogen and oxygen atoms in total. The van der Waals surface area contributed by atoms with E-state index >= 15 is 0 Å². The van der Waals surface area contributed by atoms with E-state index in [-0.39, 0.29) is 12.4 Å². The summed E-state index contributed by atoms with van der Waals surface area (Å²) in [7, 11) is 0. The zero-order valence-corrected chi connectivity index (χ0v) is 8.05. The van der Waals surface area contributed by atoms with Crippen molar-refractivity contribution in [1.82, 2.24) is 0 Å². The standard InChI is InChI=1S/C9H12N2O4/c10-9-6-8(12)4-3-7(9)2-1-5-15-11(13)14/h3-4,6,12H,1-2,5,10H2. The third-order valence-corrected chi connectivity index (χ3v) is 1.92. The number of hydrogen-bond donors (Lipinski definition) is 2. The van der Waals surface area contributed by atoms with Gasteiger partial charge in [-0.05, 0) is 24.5 Å². The summed E-state index contributed by atoms with van der Waals surface area (Å²) >= 11 is 0. The molecule has 0 unspecified atom stereocenters. The lowest BCUT2D eigenvalue weighted by Gasteiger charge is -2.05. The maximum atomic E-state index is 9.85. The number of nitrogens with zero attached hydrogens (tertiary/aromatic N) is 1. The molecule has 0 aliphatic heterocycles. The van der Waals surface area contributed by atoms with E-state index in [1.54, 1.807) is 6.07 Å². The normalized spacial score (nSPS) is 9.87. The highest BCUT2D eigenvalue weighted by Gasteiger charge is 2.01. The molecule has 0 heterocycles. The van der Waals surface area contributed by atoms with Crippen molar-refractivity contribution in [2.24, 2.45) is 0 Å². The Balaban J connectivity index is 2.40. The van der Waals surface area contributed by atoms with Crippen LogP contribution in [0, 0.1) is 10.1 Å². The fraction of sp³-hybridized carbons (Fsp3) is 0.333. The Morgan fingerprint density at radius 1 is 1.53 bits per heavy atom. The lowest BCUT2D eigenvalue weighted by molar-refractivity contribution is -0.757. The third kappa shape index (κ3) is 3.72. The first-order valence-electron chi connectivity index (χ1n) is 4.44. The number of phenolic OH excluding ortho intramolecular Hbond substituents is 1. The molecule has 0 saturated carbocycles. The van der Waals surface area contributed by atoms with Gasteiger partial charge in [0.1, 0.15) is 5.75 Å². The van der Waals surface area contributed by atoms with Gasteiger partial charge in [0.25, 0.3) is 5.09 Å². The van der Waals surface area contributed by atoms with Crippen LogP contribution in [0.1, 0.15) is 12.0 Å². The summed E-state index contributed by atoms with van der Waals surface area (Å²) in [4.78, 5) is 14.0. The van der Waals surface area contributed by atoms with E-state index in [4.69, 9.17) is 10.8 Å². The molecule has 0 aliphatic rings. The highest BCUT2D eigenvalue weighted by atomic mass is 16.9. The maximum Gasteiger partial charge on any atom is 0.294 e. The fourth-order valence-electron chi connectivity index (χ4n) is 1.21. The van der Waals surface area contributed by atoms with Crippen LogP contribution < -0.4 is 5.73 Å². The van der Waals surface area contributed by atoms with Crippen LogP contribution >= 0.6 is 0 Å². The summed E-state index contributed by atoms with van der Waals surface area (Å²) in [5.41, 5.74) is 6.96. The van der Waals surface area contributed by atoms with Gasteiger partial charge in [-0.15, -0.1) is 10.1 Å². The van der Waals surface area contributed by atoms with Crippen LogP contribution in [0.4, 0.5) is 5.69 Å². The summed E-state index contributed by atoms with van der Waals surface area (Å²) in [5.74, 6) is 0.109. The number of anilines is 1. The van der Waals surface area contributed by atoms with E-state index in [2.05, 4.69) is 4.84 Å². The van der Waals surface area contributed by atoms with E-state index in [1.165, 1.54) is 12.1 Å². The Morgan fingerprint density at radius 2 is 2.27 bits per heavy atom. The van der Waals surface area contributed by atoms with Crippen molar-refractivity contribution in [2.45, 2.75) is 12.8 Å². The highest BCUT2D eigenvalue weighted by Crippen LogP contribution is 2.19. The molecule has 0 aromatic heterocycles. The minimum absolute atomic E-state index is 0.0489. The molecule has 0 atom stereocenters. The second-order valence-corrected chi connectivity index (χ2v) is 3.04. The van der Waals surface area contributed by atoms with E-state index < -0.39 is 5.09 Å². The van der Waals surface area contributed by atoms with Crippen molar-refractivity contribution in [3.05, 3.63) is 33.9 Å². The van der Waals surface area contributed by atoms with Gasteiger partial charge in [0.05, 0.1) is 6.61 Å². The predicted octanol–water partition coefficient (Wildman–Crippen LogP) is 1.12. The van der Waals surface area contributed by atoms with Crippen molar-refractivity contribution in [2.75, 3.05) is 12.3 Å². The molecule has 0 aliphatic carbocycles. The number of nitrogen functional groups attached to an aromatic ring is 1. The first kappa shape index (κ1) is 11.1. The van der Waals surface area contributed by atoms with Gasteiger partial charge in [-0.2, -0.15) is 0 Å². The molecular formula is C9H12N2O4. The van der Waals surface area contributed by atoms with Crippen LogP contribution in [-0.4, -0.2) is 16.8 Å². The summed E-state index contributed by atoms with van der Waals surface area (Å²) in [6.45, 7) is 0.0489. The van der Waals surface area contributed by atoms with Gasteiger partial charge in [-0.3, -0.25) is 0 Å². The molecule has 0 spiro atoms. The minimum atomic E-state index is -0.819. The van der Waals surface area contributed by atoms with Crippen LogP contribution in [0.5, 0.6) is 5.75 Å². The second-order valence-electron chi connectivity index (χ2n) is 3.04. The van der Waals surface area contributed by atoms with Gasteiger partial charge in [0.2, 0.25) is 0 Å². The molecule has 0 radical (unpaired) electrons. The van der Waals surface area contributed by atoms with Gasteiger partial charge < -0.3 is 15.7 Å². The Morgan fingerprint density at radius 3 is 2.87 bits per heavy atom. The van der Waals surface area contributed by atoms with E-state index in [0.717, 1.165) is 5.56 Å². The molecule has 1 aromatic rings. The van der Waals surface area contributed by atoms with Gasteiger partial charge in [0.15, 0.2) is 0 Å². The Kier molecular flexibility index (Phi) is 3.73. The zero-order chi connectivity index (χ0) is 11.3. The van der Waals surface area contributed by atoms with Crippen molar-refractivity contribution in [1.29, 1.82) is 0 Å². The van der Waals surface area contributed by atoms with Crippen LogP contribution in [-0.2, 0) is 11.3 Å². The van der Waals surface area contributed by atoms with Crippen LogP contribution in [0.3, 0.4) is 0 Å². The average Bonchev–Trinajstić information content (AvgIpc) is 2.14. The molecule has 0 amide bonds. The smallest absolute Gasteiger partial charge is 0.294 e. The van der Waals surface area contributed by atoms with Gasteiger partial charge in [-0.1, -0.05) is 6.07 Å². The molecule has 1 aromatic carbocycles. The topological polar surface area (TPSA) is 98.6 Å². The largest absolute Gasteiger partial charge is 0.508 e. The van der Waals surface area contributed by atoms with Crippen LogP contribution in [0.2, 0.25) is 0 Å². The lowest BCUT2D eigenvalue weighted by atomic mass is 10.1. The Labute approximate surface area is 86.4 Å². The SMILES string of the molecule is Nc1cc(O)ccc1CCCO[N+](=O)[O-]. The van der Waals surface area contributed by atoms with Crippen molar-refractivity contribution in [3.8, 4) is 5.75 Å². The average molecular weight is 212 g/mol. The minimum Gasteiger partial charge on any atom is -0.508 e. The summed E-state index contributed by atoms with van der Waals surface area (Å²) < 4.78 is 0. The highest BCUT2D eigenvalue weighted by molar-refractivity contribution is 5.50. The van der Waals surface area contributed by atoms with Crippen molar-refractivity contribution in [3.63, 3.8) is 0 Å². The molecule has 0 bridgehead atoms. The van der Waals surface area contributed by atoms with Gasteiger partial charge in [-0.25, -0.2) is 0 Å². The molecule has 0 fully saturated rings. The number of hydrogen-bond acceptors (Lipinski definition) is 5. The number of benzene rings is 1. The fourth-order valence-corrected chi connectivity index (χ4v) is 1.21. The molecule has 82 valence electrons. The predicted molar refractivity (Wildman–Crippen MR) is 53.8 cm³/mol. The molecule has 6 heteroatoms. The van der Waals surface area contributed by atoms with E-state index in [9.17, 15) is 10.1 Å². The number of phenols is 1. The second kappa shape index (κ2) is 5.04. The molecule has 0 saturated heterocycles. The summed E-state index contributed by atoms with van der Waals surface area (Å²) in [6.07, 6.45) is 1.09. The van der Waals surface area contributed by atoms with Crippen molar-refractivity contribution < 1.29 is 15.0 Å². The number of rotatable bonds is 5. The Bertz CT molecular complexity index is 354. The zero-order valence-electron chi connectivity index (χ0n) is 8.05. The first-order chi connectivity index (χ1) is 7.09. The van der Waals surface area contributed by atoms with Crippen molar-refractivity contribution >= 4 is 5.69 Å².